The van der Waals surface area contributed by atoms with Crippen LogP contribution in [0, 0.1) is 11.7 Å². The van der Waals surface area contributed by atoms with E-state index < -0.39 is 11.7 Å². The van der Waals surface area contributed by atoms with Crippen LogP contribution in [0.2, 0.25) is 0 Å². The van der Waals surface area contributed by atoms with E-state index in [-0.39, 0.29) is 30.5 Å². The summed E-state index contributed by atoms with van der Waals surface area (Å²) in [4.78, 5) is 29.5. The summed E-state index contributed by atoms with van der Waals surface area (Å²) in [5.41, 5.74) is 0.231. The molecule has 0 radical (unpaired) electrons. The Hall–Kier alpha value is -2.25. The molecule has 26 heavy (non-hydrogen) atoms. The second-order valence-corrected chi connectivity index (χ2v) is 7.22. The molecule has 2 heterocycles. The SMILES string of the molecule is COCCN(Cc1cccs1)C(=O)C1CC(=O)N(c2ccccc2F)C1. The van der Waals surface area contributed by atoms with Gasteiger partial charge in [0.2, 0.25) is 11.8 Å². The molecule has 1 aliphatic heterocycles. The highest BCUT2D eigenvalue weighted by Crippen LogP contribution is 2.28. The highest BCUT2D eigenvalue weighted by Gasteiger charge is 2.38. The van der Waals surface area contributed by atoms with Crippen LogP contribution in [0.5, 0.6) is 0 Å². The molecule has 5 nitrogen and oxygen atoms in total. The number of carbonyl (C=O) groups is 2. The van der Waals surface area contributed by atoms with Gasteiger partial charge in [-0.3, -0.25) is 9.59 Å². The van der Waals surface area contributed by atoms with E-state index >= 15 is 0 Å². The number of benzene rings is 1. The van der Waals surface area contributed by atoms with E-state index in [4.69, 9.17) is 4.74 Å². The van der Waals surface area contributed by atoms with E-state index in [0.29, 0.717) is 19.7 Å². The molecule has 1 atom stereocenters. The molecule has 0 spiro atoms. The Kier molecular flexibility index (Phi) is 6.00. The van der Waals surface area contributed by atoms with Crippen molar-refractivity contribution in [1.29, 1.82) is 0 Å². The smallest absolute Gasteiger partial charge is 0.228 e. The summed E-state index contributed by atoms with van der Waals surface area (Å²) in [7, 11) is 1.59. The predicted octanol–water partition coefficient (Wildman–Crippen LogP) is 2.92. The molecule has 3 rings (SSSR count). The van der Waals surface area contributed by atoms with Crippen LogP contribution in [0.1, 0.15) is 11.3 Å². The molecule has 1 fully saturated rings. The van der Waals surface area contributed by atoms with Gasteiger partial charge in [0.1, 0.15) is 5.82 Å². The van der Waals surface area contributed by atoms with Crippen molar-refractivity contribution >= 4 is 28.8 Å². The van der Waals surface area contributed by atoms with Crippen LogP contribution in [0.15, 0.2) is 41.8 Å². The summed E-state index contributed by atoms with van der Waals surface area (Å²) in [6.07, 6.45) is 0.0983. The second kappa shape index (κ2) is 8.42. The van der Waals surface area contributed by atoms with Gasteiger partial charge in [-0.05, 0) is 23.6 Å². The van der Waals surface area contributed by atoms with Gasteiger partial charge < -0.3 is 14.5 Å². The Labute approximate surface area is 156 Å². The lowest BCUT2D eigenvalue weighted by atomic mass is 10.1. The molecule has 0 N–H and O–H groups in total. The van der Waals surface area contributed by atoms with Gasteiger partial charge in [0.15, 0.2) is 0 Å². The second-order valence-electron chi connectivity index (χ2n) is 6.19. The van der Waals surface area contributed by atoms with Gasteiger partial charge in [0, 0.05) is 31.5 Å². The van der Waals surface area contributed by atoms with E-state index in [9.17, 15) is 14.0 Å². The van der Waals surface area contributed by atoms with Crippen LogP contribution < -0.4 is 4.90 Å². The number of carbonyl (C=O) groups excluding carboxylic acids is 2. The molecule has 7 heteroatoms. The predicted molar refractivity (Wildman–Crippen MR) is 98.5 cm³/mol. The number of para-hydroxylation sites is 1. The third kappa shape index (κ3) is 4.11. The standard InChI is InChI=1S/C19H21FN2O3S/c1-25-9-8-21(13-15-5-4-10-26-15)19(24)14-11-18(23)22(12-14)17-7-3-2-6-16(17)20/h2-7,10,14H,8-9,11-13H2,1H3. The summed E-state index contributed by atoms with van der Waals surface area (Å²) in [5, 5.41) is 1.97. The van der Waals surface area contributed by atoms with Gasteiger partial charge in [0.25, 0.3) is 0 Å². The van der Waals surface area contributed by atoms with Crippen molar-refractivity contribution in [3.63, 3.8) is 0 Å². The van der Waals surface area contributed by atoms with Crippen molar-refractivity contribution in [1.82, 2.24) is 4.90 Å². The van der Waals surface area contributed by atoms with Crippen molar-refractivity contribution < 1.29 is 18.7 Å². The summed E-state index contributed by atoms with van der Waals surface area (Å²) in [6, 6.07) is 10.1. The number of nitrogens with zero attached hydrogens (tertiary/aromatic N) is 2. The van der Waals surface area contributed by atoms with Crippen molar-refractivity contribution in [2.45, 2.75) is 13.0 Å². The van der Waals surface area contributed by atoms with Crippen molar-refractivity contribution in [2.75, 3.05) is 31.7 Å². The zero-order valence-electron chi connectivity index (χ0n) is 14.6. The molecule has 138 valence electrons. The van der Waals surface area contributed by atoms with Crippen LogP contribution in [0.3, 0.4) is 0 Å². The van der Waals surface area contributed by atoms with Crippen LogP contribution in [-0.2, 0) is 20.9 Å². The molecular weight excluding hydrogens is 355 g/mol. The lowest BCUT2D eigenvalue weighted by Gasteiger charge is -2.25. The minimum atomic E-state index is -0.473. The van der Waals surface area contributed by atoms with Crippen molar-refractivity contribution in [2.24, 2.45) is 5.92 Å². The van der Waals surface area contributed by atoms with Gasteiger partial charge in [-0.1, -0.05) is 18.2 Å². The Morgan fingerprint density at radius 3 is 2.85 bits per heavy atom. The molecule has 1 aliphatic rings. The number of amides is 2. The van der Waals surface area contributed by atoms with Gasteiger partial charge in [-0.15, -0.1) is 11.3 Å². The molecule has 1 aromatic heterocycles. The Bertz CT molecular complexity index is 766. The normalized spacial score (nSPS) is 16.9. The third-order valence-corrected chi connectivity index (χ3v) is 5.28. The summed E-state index contributed by atoms with van der Waals surface area (Å²) < 4.78 is 19.1. The maximum absolute atomic E-state index is 14.0. The van der Waals surface area contributed by atoms with Crippen LogP contribution >= 0.6 is 11.3 Å². The molecule has 2 amide bonds. The first-order valence-corrected chi connectivity index (χ1v) is 9.33. The molecule has 1 aromatic carbocycles. The first kappa shape index (κ1) is 18.5. The minimum absolute atomic E-state index is 0.0948. The maximum Gasteiger partial charge on any atom is 0.228 e. The van der Waals surface area contributed by atoms with Gasteiger partial charge >= 0.3 is 0 Å². The molecule has 0 aliphatic carbocycles. The number of ether oxygens (including phenoxy) is 1. The molecule has 1 unspecified atom stereocenters. The Morgan fingerprint density at radius 2 is 2.15 bits per heavy atom. The third-order valence-electron chi connectivity index (χ3n) is 4.42. The van der Waals surface area contributed by atoms with Gasteiger partial charge in [-0.2, -0.15) is 0 Å². The Morgan fingerprint density at radius 1 is 1.35 bits per heavy atom. The lowest BCUT2D eigenvalue weighted by Crippen LogP contribution is -2.38. The fourth-order valence-corrected chi connectivity index (χ4v) is 3.81. The average Bonchev–Trinajstić information content (AvgIpc) is 3.28. The maximum atomic E-state index is 14.0. The minimum Gasteiger partial charge on any atom is -0.383 e. The van der Waals surface area contributed by atoms with Crippen LogP contribution in [-0.4, -0.2) is 43.5 Å². The van der Waals surface area contributed by atoms with Crippen LogP contribution in [0.25, 0.3) is 0 Å². The largest absolute Gasteiger partial charge is 0.383 e. The van der Waals surface area contributed by atoms with Crippen LogP contribution in [0.4, 0.5) is 10.1 Å². The van der Waals surface area contributed by atoms with E-state index in [1.165, 1.54) is 11.0 Å². The summed E-state index contributed by atoms with van der Waals surface area (Å²) in [5.74, 6) is -1.25. The highest BCUT2D eigenvalue weighted by atomic mass is 32.1. The molecule has 1 saturated heterocycles. The quantitative estimate of drug-likeness (QED) is 0.747. The van der Waals surface area contributed by atoms with E-state index in [2.05, 4.69) is 0 Å². The highest BCUT2D eigenvalue weighted by molar-refractivity contribution is 7.09. The number of thiophene rings is 1. The number of anilines is 1. The van der Waals surface area contributed by atoms with E-state index in [1.807, 2.05) is 17.5 Å². The van der Waals surface area contributed by atoms with Crippen molar-refractivity contribution in [3.8, 4) is 0 Å². The molecule has 0 bridgehead atoms. The summed E-state index contributed by atoms with van der Waals surface area (Å²) in [6.45, 7) is 1.57. The molecular formula is C19H21FN2O3S. The fraction of sp³-hybridized carbons (Fsp3) is 0.368. The molecule has 2 aromatic rings. The first-order chi connectivity index (χ1) is 12.6. The topological polar surface area (TPSA) is 49.9 Å². The van der Waals surface area contributed by atoms with Gasteiger partial charge in [-0.25, -0.2) is 4.39 Å². The van der Waals surface area contributed by atoms with Gasteiger partial charge in [0.05, 0.1) is 24.8 Å². The number of halogens is 1. The lowest BCUT2D eigenvalue weighted by molar-refractivity contribution is -0.137. The summed E-state index contributed by atoms with van der Waals surface area (Å²) >= 11 is 1.58. The monoisotopic (exact) mass is 376 g/mol. The Balaban J connectivity index is 1.73. The first-order valence-electron chi connectivity index (χ1n) is 8.45. The fourth-order valence-electron chi connectivity index (χ4n) is 3.09. The van der Waals surface area contributed by atoms with E-state index in [1.54, 1.807) is 41.5 Å². The zero-order chi connectivity index (χ0) is 18.5. The van der Waals surface area contributed by atoms with E-state index in [0.717, 1.165) is 4.88 Å². The van der Waals surface area contributed by atoms with Crippen molar-refractivity contribution in [3.05, 3.63) is 52.5 Å². The number of methoxy groups -OCH3 is 1. The average molecular weight is 376 g/mol. The number of hydrogen-bond acceptors (Lipinski definition) is 4. The number of hydrogen-bond donors (Lipinski definition) is 0. The zero-order valence-corrected chi connectivity index (χ0v) is 15.4. The number of rotatable bonds is 7. The molecule has 0 saturated carbocycles.